The van der Waals surface area contributed by atoms with Crippen molar-refractivity contribution in [2.24, 2.45) is 11.8 Å². The Morgan fingerprint density at radius 3 is 2.66 bits per heavy atom. The first kappa shape index (κ1) is 24.3. The van der Waals surface area contributed by atoms with Crippen LogP contribution in [0.25, 0.3) is 0 Å². The van der Waals surface area contributed by atoms with Crippen molar-refractivity contribution in [3.05, 3.63) is 35.9 Å². The maximum absolute atomic E-state index is 11.8. The van der Waals surface area contributed by atoms with Crippen LogP contribution in [-0.4, -0.2) is 43.5 Å². The molecule has 1 heterocycles. The molecular formula is C23H35BrO5. The molecular weight excluding hydrogens is 436 g/mol. The van der Waals surface area contributed by atoms with Crippen LogP contribution in [0.3, 0.4) is 0 Å². The second-order valence-electron chi connectivity index (χ2n) is 7.95. The first-order chi connectivity index (χ1) is 14.1. The number of carbonyl (C=O) groups is 1. The van der Waals surface area contributed by atoms with Crippen LogP contribution in [0, 0.1) is 11.8 Å². The summed E-state index contributed by atoms with van der Waals surface area (Å²) >= 11 is 3.18. The first-order valence-electron chi connectivity index (χ1n) is 10.7. The molecule has 1 fully saturated rings. The molecule has 1 saturated heterocycles. The summed E-state index contributed by atoms with van der Waals surface area (Å²) in [6.07, 6.45) is 4.78. The molecule has 2 rings (SSSR count). The maximum Gasteiger partial charge on any atom is 0.316 e. The molecule has 0 N–H and O–H groups in total. The molecule has 0 spiro atoms. The molecule has 1 unspecified atom stereocenters. The summed E-state index contributed by atoms with van der Waals surface area (Å²) in [5, 5.41) is 0.207. The quantitative estimate of drug-likeness (QED) is 0.296. The molecule has 1 aliphatic heterocycles. The molecule has 1 aromatic carbocycles. The average molecular weight is 471 g/mol. The Hall–Kier alpha value is -0.950. The number of carbonyl (C=O) groups excluding carboxylic acids is 1. The lowest BCUT2D eigenvalue weighted by molar-refractivity contribution is -0.169. The summed E-state index contributed by atoms with van der Waals surface area (Å²) in [6.45, 7) is 6.83. The van der Waals surface area contributed by atoms with Crippen LogP contribution >= 0.6 is 15.9 Å². The minimum Gasteiger partial charge on any atom is -0.461 e. The minimum atomic E-state index is -0.232. The normalized spacial score (nSPS) is 20.0. The average Bonchev–Trinajstić information content (AvgIpc) is 2.76. The molecule has 1 aromatic rings. The summed E-state index contributed by atoms with van der Waals surface area (Å²) in [4.78, 5) is 11.8. The molecule has 0 aliphatic carbocycles. The summed E-state index contributed by atoms with van der Waals surface area (Å²) in [6, 6.07) is 10.1. The molecule has 0 saturated carbocycles. The molecule has 0 aromatic heterocycles. The van der Waals surface area contributed by atoms with Gasteiger partial charge in [0.25, 0.3) is 0 Å². The van der Waals surface area contributed by atoms with Gasteiger partial charge in [-0.3, -0.25) is 4.79 Å². The Balaban J connectivity index is 1.73. The van der Waals surface area contributed by atoms with E-state index in [1.165, 1.54) is 6.42 Å². The first-order valence-corrected chi connectivity index (χ1v) is 11.8. The highest BCUT2D eigenvalue weighted by Gasteiger charge is 2.23. The third kappa shape index (κ3) is 10.1. The van der Waals surface area contributed by atoms with E-state index in [0.717, 1.165) is 37.9 Å². The van der Waals surface area contributed by atoms with Gasteiger partial charge in [0.2, 0.25) is 0 Å². The van der Waals surface area contributed by atoms with Crippen LogP contribution in [0.1, 0.15) is 51.5 Å². The van der Waals surface area contributed by atoms with E-state index in [0.29, 0.717) is 25.7 Å². The lowest BCUT2D eigenvalue weighted by Crippen LogP contribution is -2.30. The van der Waals surface area contributed by atoms with E-state index in [9.17, 15) is 4.79 Å². The van der Waals surface area contributed by atoms with Gasteiger partial charge in [-0.25, -0.2) is 0 Å². The highest BCUT2D eigenvalue weighted by atomic mass is 79.9. The lowest BCUT2D eigenvalue weighted by Gasteiger charge is -2.27. The van der Waals surface area contributed by atoms with E-state index in [2.05, 4.69) is 29.8 Å². The third-order valence-corrected chi connectivity index (χ3v) is 5.63. The third-order valence-electron chi connectivity index (χ3n) is 5.17. The van der Waals surface area contributed by atoms with Crippen molar-refractivity contribution in [2.75, 3.05) is 25.2 Å². The zero-order valence-electron chi connectivity index (χ0n) is 17.7. The zero-order valence-corrected chi connectivity index (χ0v) is 19.3. The lowest BCUT2D eigenvalue weighted by atomic mass is 9.96. The molecule has 0 amide bonds. The Kier molecular flexibility index (Phi) is 11.8. The number of ether oxygens (including phenoxy) is 4. The van der Waals surface area contributed by atoms with Crippen LogP contribution in [0.2, 0.25) is 0 Å². The second-order valence-corrected chi connectivity index (χ2v) is 8.51. The van der Waals surface area contributed by atoms with Crippen molar-refractivity contribution < 1.29 is 23.7 Å². The van der Waals surface area contributed by atoms with E-state index in [-0.39, 0.29) is 29.6 Å². The van der Waals surface area contributed by atoms with Gasteiger partial charge in [0.1, 0.15) is 11.4 Å². The summed E-state index contributed by atoms with van der Waals surface area (Å²) in [7, 11) is 0. The summed E-state index contributed by atoms with van der Waals surface area (Å²) in [5.74, 6) is 0.268. The Bertz CT molecular complexity index is 562. The molecule has 164 valence electrons. The van der Waals surface area contributed by atoms with Gasteiger partial charge in [0.15, 0.2) is 6.29 Å². The van der Waals surface area contributed by atoms with Crippen LogP contribution in [0.4, 0.5) is 0 Å². The van der Waals surface area contributed by atoms with Crippen LogP contribution in [0.5, 0.6) is 0 Å². The Labute approximate surface area is 183 Å². The molecule has 1 aliphatic rings. The van der Waals surface area contributed by atoms with Gasteiger partial charge in [-0.2, -0.15) is 0 Å². The number of hydrogen-bond acceptors (Lipinski definition) is 5. The zero-order chi connectivity index (χ0) is 20.9. The largest absolute Gasteiger partial charge is 0.461 e. The van der Waals surface area contributed by atoms with Gasteiger partial charge in [0.05, 0.1) is 19.8 Å². The van der Waals surface area contributed by atoms with Gasteiger partial charge < -0.3 is 18.9 Å². The fourth-order valence-electron chi connectivity index (χ4n) is 3.35. The monoisotopic (exact) mass is 470 g/mol. The van der Waals surface area contributed by atoms with Gasteiger partial charge in [-0.15, -0.1) is 0 Å². The number of hydrogen-bond donors (Lipinski definition) is 0. The maximum atomic E-state index is 11.8. The van der Waals surface area contributed by atoms with Crippen molar-refractivity contribution in [3.8, 4) is 0 Å². The second kappa shape index (κ2) is 14.1. The van der Waals surface area contributed by atoms with Crippen molar-refractivity contribution >= 4 is 21.9 Å². The van der Waals surface area contributed by atoms with E-state index in [4.69, 9.17) is 18.9 Å². The van der Waals surface area contributed by atoms with E-state index < -0.39 is 0 Å². The smallest absolute Gasteiger partial charge is 0.316 e. The molecule has 6 heteroatoms. The molecule has 0 bridgehead atoms. The molecule has 5 nitrogen and oxygen atoms in total. The summed E-state index contributed by atoms with van der Waals surface area (Å²) < 4.78 is 23.1. The topological polar surface area (TPSA) is 54.0 Å². The molecule has 0 radical (unpaired) electrons. The van der Waals surface area contributed by atoms with Crippen molar-refractivity contribution in [3.63, 3.8) is 0 Å². The SMILES string of the molecule is C[C@@H](CC[C@H](OC(=O)CBr)[C@H](C)COCc1ccccc1)COC1CCCCO1. The Morgan fingerprint density at radius 2 is 1.97 bits per heavy atom. The Morgan fingerprint density at radius 1 is 1.17 bits per heavy atom. The predicted octanol–water partition coefficient (Wildman–Crippen LogP) is 5.11. The van der Waals surface area contributed by atoms with E-state index in [1.54, 1.807) is 0 Å². The van der Waals surface area contributed by atoms with Gasteiger partial charge >= 0.3 is 5.97 Å². The number of alkyl halides is 1. The van der Waals surface area contributed by atoms with Gasteiger partial charge in [-0.05, 0) is 43.6 Å². The molecule has 4 atom stereocenters. The van der Waals surface area contributed by atoms with Crippen LogP contribution in [0.15, 0.2) is 30.3 Å². The molecule has 29 heavy (non-hydrogen) atoms. The minimum absolute atomic E-state index is 0.0569. The van der Waals surface area contributed by atoms with Crippen LogP contribution < -0.4 is 0 Å². The number of benzene rings is 1. The fraction of sp³-hybridized carbons (Fsp3) is 0.696. The van der Waals surface area contributed by atoms with Gasteiger partial charge in [-0.1, -0.05) is 60.1 Å². The number of rotatable bonds is 13. The fourth-order valence-corrected chi connectivity index (χ4v) is 3.48. The number of esters is 1. The van der Waals surface area contributed by atoms with Crippen molar-refractivity contribution in [2.45, 2.75) is 65.0 Å². The highest BCUT2D eigenvalue weighted by molar-refractivity contribution is 9.09. The highest BCUT2D eigenvalue weighted by Crippen LogP contribution is 2.21. The van der Waals surface area contributed by atoms with E-state index in [1.807, 2.05) is 30.3 Å². The van der Waals surface area contributed by atoms with Crippen molar-refractivity contribution in [1.82, 2.24) is 0 Å². The van der Waals surface area contributed by atoms with Crippen molar-refractivity contribution in [1.29, 1.82) is 0 Å². The standard InChI is InChI=1S/C23H35BrO5/c1-18(15-28-23-10-6-7-13-27-23)11-12-21(29-22(25)14-24)19(2)16-26-17-20-8-4-3-5-9-20/h3-5,8-9,18-19,21,23H,6-7,10-17H2,1-2H3/t18-,19+,21-,23?/m0/s1. The summed E-state index contributed by atoms with van der Waals surface area (Å²) in [5.41, 5.74) is 1.14. The van der Waals surface area contributed by atoms with Gasteiger partial charge in [0, 0.05) is 12.5 Å². The predicted molar refractivity (Wildman–Crippen MR) is 117 cm³/mol. The van der Waals surface area contributed by atoms with Crippen LogP contribution in [-0.2, 0) is 30.3 Å². The van der Waals surface area contributed by atoms with E-state index >= 15 is 0 Å². The number of halogens is 1.